The van der Waals surface area contributed by atoms with Gasteiger partial charge in [-0.1, -0.05) is 11.6 Å². The zero-order valence-electron chi connectivity index (χ0n) is 7.89. The second kappa shape index (κ2) is 4.31. The normalized spacial score (nSPS) is 10.8. The summed E-state index contributed by atoms with van der Waals surface area (Å²) in [5.74, 6) is -0.265. The van der Waals surface area contributed by atoms with E-state index in [1.807, 2.05) is 0 Å². The van der Waals surface area contributed by atoms with Gasteiger partial charge in [0.15, 0.2) is 5.82 Å². The molecule has 0 bridgehead atoms. The van der Waals surface area contributed by atoms with Crippen LogP contribution in [-0.4, -0.2) is 17.1 Å². The van der Waals surface area contributed by atoms with Crippen LogP contribution in [0.15, 0.2) is 10.5 Å². The van der Waals surface area contributed by atoms with Crippen LogP contribution in [-0.2, 0) is 0 Å². The molecule has 0 unspecified atom stereocenters. The molecule has 16 heavy (non-hydrogen) atoms. The Balaban J connectivity index is 2.92. The topological polar surface area (TPSA) is 35.0 Å². The van der Waals surface area contributed by atoms with Crippen molar-refractivity contribution in [2.45, 2.75) is 0 Å². The number of fused-ring (bicyclic) bond motifs is 1. The number of rotatable bonds is 1. The molecular weight excluding hydrogens is 322 g/mol. The summed E-state index contributed by atoms with van der Waals surface area (Å²) in [5.41, 5.74) is 0.0534. The average Bonchev–Trinajstić information content (AvgIpc) is 2.24. The third-order valence-electron chi connectivity index (χ3n) is 1.98. The second-order valence-electron chi connectivity index (χ2n) is 2.89. The standard InChI is InChI=1S/C9H4BrCl2FN2O/c1-16-4-2-3-7(6(13)5(4)10)14-9(12)15-8(3)11/h2H,1H3. The molecule has 0 aliphatic heterocycles. The van der Waals surface area contributed by atoms with Gasteiger partial charge in [-0.15, -0.1) is 0 Å². The number of hydrogen-bond acceptors (Lipinski definition) is 3. The lowest BCUT2D eigenvalue weighted by atomic mass is 10.2. The van der Waals surface area contributed by atoms with Crippen LogP contribution < -0.4 is 4.74 Å². The van der Waals surface area contributed by atoms with Gasteiger partial charge in [0.05, 0.1) is 11.6 Å². The first-order valence-electron chi connectivity index (χ1n) is 4.09. The fraction of sp³-hybridized carbons (Fsp3) is 0.111. The molecule has 1 aromatic heterocycles. The smallest absolute Gasteiger partial charge is 0.224 e. The summed E-state index contributed by atoms with van der Waals surface area (Å²) in [6.07, 6.45) is 0. The molecule has 0 fully saturated rings. The molecule has 0 radical (unpaired) electrons. The first-order chi connectivity index (χ1) is 7.54. The number of benzene rings is 1. The summed E-state index contributed by atoms with van der Waals surface area (Å²) in [5, 5.41) is 0.330. The minimum atomic E-state index is -0.583. The SMILES string of the molecule is COc1cc2c(Cl)nc(Cl)nc2c(F)c1Br. The number of nitrogens with zero attached hydrogens (tertiary/aromatic N) is 2. The van der Waals surface area contributed by atoms with Crippen molar-refractivity contribution in [1.29, 1.82) is 0 Å². The van der Waals surface area contributed by atoms with E-state index >= 15 is 0 Å². The summed E-state index contributed by atoms with van der Waals surface area (Å²) in [6.45, 7) is 0. The second-order valence-corrected chi connectivity index (χ2v) is 4.38. The maximum Gasteiger partial charge on any atom is 0.224 e. The van der Waals surface area contributed by atoms with Crippen LogP contribution in [0, 0.1) is 5.82 Å². The molecule has 1 aromatic carbocycles. The van der Waals surface area contributed by atoms with Gasteiger partial charge in [-0.05, 0) is 33.6 Å². The molecule has 7 heteroatoms. The van der Waals surface area contributed by atoms with Gasteiger partial charge in [-0.25, -0.2) is 14.4 Å². The molecule has 0 spiro atoms. The third kappa shape index (κ3) is 1.83. The lowest BCUT2D eigenvalue weighted by molar-refractivity contribution is 0.409. The highest BCUT2D eigenvalue weighted by Gasteiger charge is 2.16. The number of halogens is 4. The van der Waals surface area contributed by atoms with E-state index in [9.17, 15) is 4.39 Å². The Bertz CT molecular complexity index is 579. The van der Waals surface area contributed by atoms with Gasteiger partial charge in [0.2, 0.25) is 5.28 Å². The maximum absolute atomic E-state index is 13.9. The van der Waals surface area contributed by atoms with E-state index in [0.717, 1.165) is 0 Å². The van der Waals surface area contributed by atoms with Crippen molar-refractivity contribution in [3.63, 3.8) is 0 Å². The third-order valence-corrected chi connectivity index (χ3v) is 3.18. The molecule has 0 atom stereocenters. The van der Waals surface area contributed by atoms with Crippen molar-refractivity contribution >= 4 is 50.0 Å². The quantitative estimate of drug-likeness (QED) is 0.590. The van der Waals surface area contributed by atoms with E-state index in [1.54, 1.807) is 6.07 Å². The van der Waals surface area contributed by atoms with E-state index < -0.39 is 5.82 Å². The van der Waals surface area contributed by atoms with Crippen molar-refractivity contribution in [1.82, 2.24) is 9.97 Å². The van der Waals surface area contributed by atoms with Crippen LogP contribution in [0.1, 0.15) is 0 Å². The van der Waals surface area contributed by atoms with E-state index in [4.69, 9.17) is 27.9 Å². The first kappa shape index (κ1) is 11.8. The van der Waals surface area contributed by atoms with E-state index in [-0.39, 0.29) is 20.4 Å². The zero-order chi connectivity index (χ0) is 11.9. The Morgan fingerprint density at radius 2 is 2.06 bits per heavy atom. The number of ether oxygens (including phenoxy) is 1. The molecule has 0 saturated heterocycles. The number of aromatic nitrogens is 2. The summed E-state index contributed by atoms with van der Waals surface area (Å²) < 4.78 is 19.0. The summed E-state index contributed by atoms with van der Waals surface area (Å²) in [7, 11) is 1.43. The summed E-state index contributed by atoms with van der Waals surface area (Å²) in [6, 6.07) is 1.54. The molecule has 0 saturated carbocycles. The fourth-order valence-corrected chi connectivity index (χ4v) is 2.17. The van der Waals surface area contributed by atoms with Gasteiger partial charge >= 0.3 is 0 Å². The van der Waals surface area contributed by atoms with Crippen molar-refractivity contribution < 1.29 is 9.13 Å². The first-order valence-corrected chi connectivity index (χ1v) is 5.64. The van der Waals surface area contributed by atoms with E-state index in [1.165, 1.54) is 7.11 Å². The van der Waals surface area contributed by atoms with Crippen molar-refractivity contribution in [3.05, 3.63) is 26.8 Å². The van der Waals surface area contributed by atoms with Gasteiger partial charge in [-0.2, -0.15) is 0 Å². The Hall–Kier alpha value is -0.650. The molecule has 2 aromatic rings. The van der Waals surface area contributed by atoms with Crippen molar-refractivity contribution in [2.75, 3.05) is 7.11 Å². The largest absolute Gasteiger partial charge is 0.495 e. The molecular formula is C9H4BrCl2FN2O. The highest BCUT2D eigenvalue weighted by molar-refractivity contribution is 9.10. The minimum absolute atomic E-state index is 0.0534. The predicted octanol–water partition coefficient (Wildman–Crippen LogP) is 3.85. The van der Waals surface area contributed by atoms with Gasteiger partial charge in [0, 0.05) is 5.39 Å². The Morgan fingerprint density at radius 3 is 2.69 bits per heavy atom. The van der Waals surface area contributed by atoms with Crippen molar-refractivity contribution in [3.8, 4) is 5.75 Å². The fourth-order valence-electron chi connectivity index (χ4n) is 1.27. The Kier molecular flexibility index (Phi) is 3.19. The minimum Gasteiger partial charge on any atom is -0.495 e. The molecule has 2 rings (SSSR count). The van der Waals surface area contributed by atoms with Crippen LogP contribution in [0.3, 0.4) is 0 Å². The summed E-state index contributed by atoms with van der Waals surface area (Å²) in [4.78, 5) is 7.51. The molecule has 0 amide bonds. The molecule has 0 aliphatic rings. The lowest BCUT2D eigenvalue weighted by Gasteiger charge is -2.07. The molecule has 84 valence electrons. The van der Waals surface area contributed by atoms with Gasteiger partial charge in [-0.3, -0.25) is 0 Å². The van der Waals surface area contributed by atoms with E-state index in [0.29, 0.717) is 11.1 Å². The predicted molar refractivity (Wildman–Crippen MR) is 63.8 cm³/mol. The van der Waals surface area contributed by atoms with Crippen LogP contribution in [0.25, 0.3) is 10.9 Å². The van der Waals surface area contributed by atoms with Gasteiger partial charge in [0.1, 0.15) is 16.4 Å². The van der Waals surface area contributed by atoms with Crippen LogP contribution in [0.4, 0.5) is 4.39 Å². The highest BCUT2D eigenvalue weighted by atomic mass is 79.9. The van der Waals surface area contributed by atoms with Gasteiger partial charge < -0.3 is 4.74 Å². The Labute approximate surface area is 109 Å². The Morgan fingerprint density at radius 1 is 1.38 bits per heavy atom. The summed E-state index contributed by atoms with van der Waals surface area (Å²) >= 11 is 14.5. The average molecular weight is 326 g/mol. The van der Waals surface area contributed by atoms with Gasteiger partial charge in [0.25, 0.3) is 0 Å². The molecule has 0 N–H and O–H groups in total. The lowest BCUT2D eigenvalue weighted by Crippen LogP contribution is -1.94. The van der Waals surface area contributed by atoms with Crippen LogP contribution in [0.2, 0.25) is 10.4 Å². The molecule has 0 aliphatic carbocycles. The molecule has 3 nitrogen and oxygen atoms in total. The molecule has 1 heterocycles. The monoisotopic (exact) mass is 324 g/mol. The van der Waals surface area contributed by atoms with Crippen molar-refractivity contribution in [2.24, 2.45) is 0 Å². The number of hydrogen-bond donors (Lipinski definition) is 0. The van der Waals surface area contributed by atoms with Crippen LogP contribution in [0.5, 0.6) is 5.75 Å². The maximum atomic E-state index is 13.9. The highest BCUT2D eigenvalue weighted by Crippen LogP contribution is 2.35. The number of methoxy groups -OCH3 is 1. The van der Waals surface area contributed by atoms with Crippen LogP contribution >= 0.6 is 39.1 Å². The zero-order valence-corrected chi connectivity index (χ0v) is 11.0. The van der Waals surface area contributed by atoms with E-state index in [2.05, 4.69) is 25.9 Å².